The molecule has 6 heteroatoms. The monoisotopic (exact) mass is 453 g/mol. The van der Waals surface area contributed by atoms with Crippen molar-refractivity contribution in [3.05, 3.63) is 70.4 Å². The Morgan fingerprint density at radius 1 is 1.22 bits per heavy atom. The highest BCUT2D eigenvalue weighted by atomic mass is 19.4. The molecule has 0 amide bonds. The fourth-order valence-corrected chi connectivity index (χ4v) is 4.34. The van der Waals surface area contributed by atoms with E-state index in [0.29, 0.717) is 17.7 Å². The van der Waals surface area contributed by atoms with Gasteiger partial charge in [0, 0.05) is 28.7 Å². The maximum atomic E-state index is 14.9. The molecule has 0 spiro atoms. The van der Waals surface area contributed by atoms with Crippen molar-refractivity contribution in [3.63, 3.8) is 0 Å². The third-order valence-electron chi connectivity index (χ3n) is 5.73. The Bertz CT molecular complexity index is 934. The summed E-state index contributed by atoms with van der Waals surface area (Å²) >= 11 is 0. The molecule has 2 rings (SSSR count). The average Bonchev–Trinajstić information content (AvgIpc) is 2.80. The Morgan fingerprint density at radius 2 is 1.88 bits per heavy atom. The van der Waals surface area contributed by atoms with Gasteiger partial charge in [-0.25, -0.2) is 8.78 Å². The summed E-state index contributed by atoms with van der Waals surface area (Å²) < 4.78 is 70.7. The van der Waals surface area contributed by atoms with Crippen LogP contribution >= 0.6 is 0 Å². The Hall–Kier alpha value is -2.24. The largest absolute Gasteiger partial charge is 0.413 e. The van der Waals surface area contributed by atoms with E-state index in [1.54, 1.807) is 32.1 Å². The molecule has 0 N–H and O–H groups in total. The molecule has 0 aliphatic heterocycles. The van der Waals surface area contributed by atoms with E-state index < -0.39 is 29.0 Å². The molecule has 2 aliphatic rings. The summed E-state index contributed by atoms with van der Waals surface area (Å²) in [5.74, 6) is -0.879. The van der Waals surface area contributed by atoms with Gasteiger partial charge in [0.25, 0.3) is 0 Å². The molecule has 2 aliphatic carbocycles. The van der Waals surface area contributed by atoms with Crippen molar-refractivity contribution in [3.8, 4) is 0 Å². The van der Waals surface area contributed by atoms with Gasteiger partial charge >= 0.3 is 6.18 Å². The first-order chi connectivity index (χ1) is 14.8. The molecule has 0 aromatic heterocycles. The van der Waals surface area contributed by atoms with Crippen LogP contribution in [0.25, 0.3) is 0 Å². The van der Waals surface area contributed by atoms with Crippen LogP contribution in [-0.4, -0.2) is 17.9 Å². The van der Waals surface area contributed by atoms with Crippen molar-refractivity contribution in [2.24, 2.45) is 16.3 Å². The molecule has 1 unspecified atom stereocenters. The number of hydrogen-bond donors (Lipinski definition) is 0. The minimum Gasteiger partial charge on any atom is -0.282 e. The van der Waals surface area contributed by atoms with Crippen molar-refractivity contribution in [2.45, 2.75) is 73.0 Å². The van der Waals surface area contributed by atoms with Crippen molar-refractivity contribution in [2.75, 3.05) is 0 Å². The zero-order chi connectivity index (χ0) is 24.3. The molecule has 0 saturated heterocycles. The van der Waals surface area contributed by atoms with E-state index in [1.165, 1.54) is 32.1 Å². The molecule has 0 saturated carbocycles. The Balaban J connectivity index is 2.33. The first kappa shape index (κ1) is 26.0. The first-order valence-corrected chi connectivity index (χ1v) is 10.9. The third-order valence-corrected chi connectivity index (χ3v) is 5.73. The highest BCUT2D eigenvalue weighted by molar-refractivity contribution is 5.99. The lowest BCUT2D eigenvalue weighted by atomic mass is 9.79. The molecule has 0 aromatic carbocycles. The summed E-state index contributed by atoms with van der Waals surface area (Å²) in [6.07, 6.45) is 4.89. The van der Waals surface area contributed by atoms with Crippen LogP contribution in [0.3, 0.4) is 0 Å². The van der Waals surface area contributed by atoms with Crippen LogP contribution in [0, 0.1) is 11.3 Å². The van der Waals surface area contributed by atoms with Crippen LogP contribution < -0.4 is 0 Å². The molecule has 1 atom stereocenters. The summed E-state index contributed by atoms with van der Waals surface area (Å²) in [6, 6.07) is -0.518. The van der Waals surface area contributed by atoms with Crippen LogP contribution in [-0.2, 0) is 0 Å². The average molecular weight is 454 g/mol. The number of alkyl halides is 3. The smallest absolute Gasteiger partial charge is 0.282 e. The zero-order valence-corrected chi connectivity index (χ0v) is 19.6. The van der Waals surface area contributed by atoms with E-state index in [-0.39, 0.29) is 35.7 Å². The number of hydrogen-bond acceptors (Lipinski definition) is 1. The third kappa shape index (κ3) is 6.17. The van der Waals surface area contributed by atoms with Crippen LogP contribution in [0.4, 0.5) is 22.0 Å². The Morgan fingerprint density at radius 3 is 2.41 bits per heavy atom. The van der Waals surface area contributed by atoms with E-state index in [1.807, 2.05) is 13.8 Å². The normalized spacial score (nSPS) is 22.6. The summed E-state index contributed by atoms with van der Waals surface area (Å²) in [5, 5.41) is 0. The number of aliphatic imine (C=N–C) groups is 1. The lowest BCUT2D eigenvalue weighted by Gasteiger charge is -2.29. The highest BCUT2D eigenvalue weighted by Gasteiger charge is 2.44. The van der Waals surface area contributed by atoms with Gasteiger partial charge < -0.3 is 0 Å². The Labute approximate surface area is 187 Å². The second-order valence-electron chi connectivity index (χ2n) is 9.10. The van der Waals surface area contributed by atoms with Gasteiger partial charge in [-0.1, -0.05) is 65.0 Å². The van der Waals surface area contributed by atoms with Crippen molar-refractivity contribution < 1.29 is 22.0 Å². The number of nitrogens with zero attached hydrogens (tertiary/aromatic N) is 1. The fraction of sp³-hybridized carbons (Fsp3) is 0.500. The second-order valence-corrected chi connectivity index (χ2v) is 9.10. The highest BCUT2D eigenvalue weighted by Crippen LogP contribution is 2.45. The van der Waals surface area contributed by atoms with Gasteiger partial charge in [-0.05, 0) is 42.9 Å². The van der Waals surface area contributed by atoms with Gasteiger partial charge in [0.15, 0.2) is 0 Å². The molecule has 176 valence electrons. The maximum absolute atomic E-state index is 14.9. The lowest BCUT2D eigenvalue weighted by Crippen LogP contribution is -2.27. The van der Waals surface area contributed by atoms with Crippen molar-refractivity contribution >= 4 is 5.71 Å². The fourth-order valence-electron chi connectivity index (χ4n) is 4.34. The summed E-state index contributed by atoms with van der Waals surface area (Å²) in [6.45, 7) is 10.2. The maximum Gasteiger partial charge on any atom is 0.413 e. The first-order valence-electron chi connectivity index (χ1n) is 10.9. The van der Waals surface area contributed by atoms with Crippen molar-refractivity contribution in [1.82, 2.24) is 0 Å². The molecule has 32 heavy (non-hydrogen) atoms. The lowest BCUT2D eigenvalue weighted by molar-refractivity contribution is -0.103. The van der Waals surface area contributed by atoms with Gasteiger partial charge in [-0.15, -0.1) is 0 Å². The molecule has 0 heterocycles. The molecular formula is C26H32F5N. The summed E-state index contributed by atoms with van der Waals surface area (Å²) in [5.41, 5.74) is -0.579. The summed E-state index contributed by atoms with van der Waals surface area (Å²) in [4.78, 5) is 4.49. The molecule has 0 bridgehead atoms. The van der Waals surface area contributed by atoms with Gasteiger partial charge in [-0.3, -0.25) is 4.99 Å². The molecule has 0 fully saturated rings. The van der Waals surface area contributed by atoms with Gasteiger partial charge in [0.2, 0.25) is 0 Å². The van der Waals surface area contributed by atoms with Crippen LogP contribution in [0.15, 0.2) is 75.4 Å². The molecular weight excluding hydrogens is 421 g/mol. The molecule has 1 nitrogen and oxygen atoms in total. The standard InChI is InChI=1S/C26H32F5N/c1-7-21(27)23(16(2)3)17(4)32-20-12-11-18(22(28)15-20)14-19-10-8-9-13-25(5,6)24(19)26(29,30)31/h8-11,13,15-16,20H,7,12,14H2,1-6H3. The quantitative estimate of drug-likeness (QED) is 0.282. The van der Waals surface area contributed by atoms with Gasteiger partial charge in [-0.2, -0.15) is 13.2 Å². The minimum atomic E-state index is -4.53. The Kier molecular flexibility index (Phi) is 8.24. The predicted molar refractivity (Wildman–Crippen MR) is 122 cm³/mol. The number of halogens is 5. The minimum absolute atomic E-state index is 0.0514. The molecule has 0 aromatic rings. The van der Waals surface area contributed by atoms with E-state index in [9.17, 15) is 22.0 Å². The van der Waals surface area contributed by atoms with Crippen LogP contribution in [0.2, 0.25) is 0 Å². The number of allylic oxidation sites excluding steroid dienone is 10. The van der Waals surface area contributed by atoms with Crippen LogP contribution in [0.1, 0.15) is 60.8 Å². The number of rotatable bonds is 6. The van der Waals surface area contributed by atoms with E-state index in [0.717, 1.165) is 0 Å². The van der Waals surface area contributed by atoms with Crippen LogP contribution in [0.5, 0.6) is 0 Å². The molecule has 0 radical (unpaired) electrons. The summed E-state index contributed by atoms with van der Waals surface area (Å²) in [7, 11) is 0. The van der Waals surface area contributed by atoms with E-state index in [2.05, 4.69) is 4.99 Å². The van der Waals surface area contributed by atoms with E-state index >= 15 is 0 Å². The van der Waals surface area contributed by atoms with Gasteiger partial charge in [0.05, 0.1) is 6.04 Å². The van der Waals surface area contributed by atoms with Gasteiger partial charge in [0.1, 0.15) is 11.7 Å². The topological polar surface area (TPSA) is 12.4 Å². The van der Waals surface area contributed by atoms with Crippen molar-refractivity contribution in [1.29, 1.82) is 0 Å². The van der Waals surface area contributed by atoms with E-state index in [4.69, 9.17) is 0 Å². The second kappa shape index (κ2) is 10.1. The SMILES string of the molecule is CCC(F)=C(C(C)=NC1C=C(F)C(CC2=C(C(F)(F)F)C(C)(C)C=CC=C2)=CC1)C(C)C. The zero-order valence-electron chi connectivity index (χ0n) is 19.6. The predicted octanol–water partition coefficient (Wildman–Crippen LogP) is 8.69.